The van der Waals surface area contributed by atoms with Crippen molar-refractivity contribution in [3.05, 3.63) is 71.4 Å². The van der Waals surface area contributed by atoms with Gasteiger partial charge in [-0.1, -0.05) is 30.3 Å². The zero-order valence-electron chi connectivity index (χ0n) is 16.6. The maximum Gasteiger partial charge on any atom is 0.261 e. The summed E-state index contributed by atoms with van der Waals surface area (Å²) in [5.41, 5.74) is 2.50. The van der Waals surface area contributed by atoms with E-state index in [0.29, 0.717) is 17.5 Å². The lowest BCUT2D eigenvalue weighted by Gasteiger charge is -2.36. The van der Waals surface area contributed by atoms with Gasteiger partial charge in [-0.3, -0.25) is 14.5 Å². The average molecular weight is 422 g/mol. The van der Waals surface area contributed by atoms with Crippen molar-refractivity contribution in [1.29, 1.82) is 0 Å². The van der Waals surface area contributed by atoms with Gasteiger partial charge in [0.05, 0.1) is 23.3 Å². The van der Waals surface area contributed by atoms with E-state index >= 15 is 0 Å². The molecule has 160 valence electrons. The number of carbonyl (C=O) groups excluding carboxylic acids is 2. The third-order valence-electron chi connectivity index (χ3n) is 6.05. The van der Waals surface area contributed by atoms with Gasteiger partial charge < -0.3 is 24.6 Å². The summed E-state index contributed by atoms with van der Waals surface area (Å²) in [7, 11) is 0. The maximum atomic E-state index is 12.6. The SMILES string of the molecule is O=C1c2ccccc2C(=O)N1CCc1cn([C@@H]2OC[C@@H](O)[C@@H](O)[C@H]2O)c2ccccc12. The van der Waals surface area contributed by atoms with Crippen LogP contribution in [0.1, 0.15) is 32.5 Å². The van der Waals surface area contributed by atoms with Gasteiger partial charge in [-0.25, -0.2) is 0 Å². The number of aliphatic hydroxyl groups is 3. The Balaban J connectivity index is 1.43. The first kappa shape index (κ1) is 19.9. The summed E-state index contributed by atoms with van der Waals surface area (Å²) in [5.74, 6) is -0.597. The molecule has 3 aromatic rings. The second kappa shape index (κ2) is 7.58. The van der Waals surface area contributed by atoms with Crippen LogP contribution in [0.2, 0.25) is 0 Å². The van der Waals surface area contributed by atoms with Crippen molar-refractivity contribution in [3.8, 4) is 0 Å². The number of aliphatic hydroxyl groups excluding tert-OH is 3. The van der Waals surface area contributed by atoms with Crippen LogP contribution >= 0.6 is 0 Å². The van der Waals surface area contributed by atoms with Crippen LogP contribution in [0.25, 0.3) is 10.9 Å². The fraction of sp³-hybridized carbons (Fsp3) is 0.304. The summed E-state index contributed by atoms with van der Waals surface area (Å²) in [4.78, 5) is 26.6. The molecule has 3 N–H and O–H groups in total. The number of fused-ring (bicyclic) bond motifs is 2. The summed E-state index contributed by atoms with van der Waals surface area (Å²) in [6.07, 6.45) is -2.41. The lowest BCUT2D eigenvalue weighted by molar-refractivity contribution is -0.209. The van der Waals surface area contributed by atoms with Crippen molar-refractivity contribution in [1.82, 2.24) is 9.47 Å². The molecule has 2 aromatic carbocycles. The molecule has 0 radical (unpaired) electrons. The summed E-state index contributed by atoms with van der Waals surface area (Å²) in [6, 6.07) is 14.3. The zero-order valence-corrected chi connectivity index (χ0v) is 16.6. The molecule has 31 heavy (non-hydrogen) atoms. The van der Waals surface area contributed by atoms with Crippen molar-refractivity contribution in [2.24, 2.45) is 0 Å². The van der Waals surface area contributed by atoms with Gasteiger partial charge in [0.1, 0.15) is 18.3 Å². The lowest BCUT2D eigenvalue weighted by atomic mass is 10.0. The molecule has 2 amide bonds. The van der Waals surface area contributed by atoms with E-state index in [4.69, 9.17) is 4.74 Å². The van der Waals surface area contributed by atoms with Crippen LogP contribution in [0.4, 0.5) is 0 Å². The molecule has 8 nitrogen and oxygen atoms in total. The van der Waals surface area contributed by atoms with Gasteiger partial charge >= 0.3 is 0 Å². The number of para-hydroxylation sites is 1. The average Bonchev–Trinajstić information content (AvgIpc) is 3.27. The lowest BCUT2D eigenvalue weighted by Crippen LogP contribution is -2.50. The molecule has 3 heterocycles. The van der Waals surface area contributed by atoms with E-state index in [1.54, 1.807) is 35.0 Å². The Morgan fingerprint density at radius 1 is 0.903 bits per heavy atom. The van der Waals surface area contributed by atoms with Gasteiger partial charge in [-0.15, -0.1) is 0 Å². The van der Waals surface area contributed by atoms with Crippen LogP contribution in [0.5, 0.6) is 0 Å². The molecular formula is C23H22N2O6. The van der Waals surface area contributed by atoms with E-state index in [2.05, 4.69) is 0 Å². The monoisotopic (exact) mass is 422 g/mol. The predicted molar refractivity (Wildman–Crippen MR) is 110 cm³/mol. The summed E-state index contributed by atoms with van der Waals surface area (Å²) in [5, 5.41) is 31.2. The number of carbonyl (C=O) groups is 2. The minimum Gasteiger partial charge on any atom is -0.388 e. The third-order valence-corrected chi connectivity index (χ3v) is 6.05. The Labute approximate surface area is 177 Å². The molecule has 8 heteroatoms. The molecule has 0 bridgehead atoms. The molecule has 1 fully saturated rings. The molecule has 0 saturated carbocycles. The van der Waals surface area contributed by atoms with Gasteiger partial charge in [0, 0.05) is 18.1 Å². The Hall–Kier alpha value is -3.04. The Morgan fingerprint density at radius 3 is 2.26 bits per heavy atom. The number of hydrogen-bond donors (Lipinski definition) is 3. The summed E-state index contributed by atoms with van der Waals surface area (Å²) in [6.45, 7) is 0.121. The molecule has 5 rings (SSSR count). The molecule has 0 aliphatic carbocycles. The Morgan fingerprint density at radius 2 is 1.55 bits per heavy atom. The highest BCUT2D eigenvalue weighted by Crippen LogP contribution is 2.31. The van der Waals surface area contributed by atoms with Gasteiger partial charge in [-0.2, -0.15) is 0 Å². The number of rotatable bonds is 4. The minimum atomic E-state index is -1.32. The molecule has 2 aliphatic rings. The van der Waals surface area contributed by atoms with Crippen LogP contribution < -0.4 is 0 Å². The van der Waals surface area contributed by atoms with Crippen LogP contribution in [0.3, 0.4) is 0 Å². The van der Waals surface area contributed by atoms with Crippen LogP contribution in [-0.2, 0) is 11.2 Å². The number of benzene rings is 2. The molecule has 2 aliphatic heterocycles. The molecule has 4 atom stereocenters. The van der Waals surface area contributed by atoms with E-state index in [0.717, 1.165) is 16.5 Å². The fourth-order valence-corrected chi connectivity index (χ4v) is 4.40. The normalized spacial score (nSPS) is 26.0. The van der Waals surface area contributed by atoms with Crippen molar-refractivity contribution in [2.45, 2.75) is 31.0 Å². The summed E-state index contributed by atoms with van der Waals surface area (Å²) >= 11 is 0. The van der Waals surface area contributed by atoms with Crippen molar-refractivity contribution in [2.75, 3.05) is 13.2 Å². The topological polar surface area (TPSA) is 112 Å². The van der Waals surface area contributed by atoms with Crippen molar-refractivity contribution < 1.29 is 29.6 Å². The van der Waals surface area contributed by atoms with Crippen molar-refractivity contribution in [3.63, 3.8) is 0 Å². The number of imide groups is 1. The summed E-state index contributed by atoms with van der Waals surface area (Å²) < 4.78 is 7.35. The highest BCUT2D eigenvalue weighted by molar-refractivity contribution is 6.21. The molecular weight excluding hydrogens is 400 g/mol. The second-order valence-electron chi connectivity index (χ2n) is 7.91. The minimum absolute atomic E-state index is 0.0974. The van der Waals surface area contributed by atoms with Gasteiger partial charge in [0.25, 0.3) is 11.8 Å². The molecule has 1 aromatic heterocycles. The smallest absolute Gasteiger partial charge is 0.261 e. The standard InChI is InChI=1S/C23H22N2O6/c26-18-12-31-23(20(28)19(18)27)25-11-13(14-5-3-4-8-17(14)25)9-10-24-21(29)15-6-1-2-7-16(15)22(24)30/h1-8,11,18-20,23,26-28H,9-10,12H2/t18-,19-,20-,23-/m1/s1. The Kier molecular flexibility index (Phi) is 4.86. The first-order chi connectivity index (χ1) is 15.0. The Bertz CT molecular complexity index is 1140. The van der Waals surface area contributed by atoms with E-state index in [1.807, 2.05) is 24.3 Å². The van der Waals surface area contributed by atoms with Crippen LogP contribution in [-0.4, -0.2) is 68.1 Å². The highest BCUT2D eigenvalue weighted by Gasteiger charge is 2.39. The first-order valence-corrected chi connectivity index (χ1v) is 10.2. The number of ether oxygens (including phenoxy) is 1. The van der Waals surface area contributed by atoms with Gasteiger partial charge in [0.2, 0.25) is 0 Å². The highest BCUT2D eigenvalue weighted by atomic mass is 16.5. The van der Waals surface area contributed by atoms with E-state index < -0.39 is 24.5 Å². The molecule has 1 saturated heterocycles. The first-order valence-electron chi connectivity index (χ1n) is 10.2. The number of amides is 2. The van der Waals surface area contributed by atoms with E-state index in [1.165, 1.54) is 4.90 Å². The van der Waals surface area contributed by atoms with Gasteiger partial charge in [-0.05, 0) is 30.2 Å². The number of hydrogen-bond acceptors (Lipinski definition) is 6. The molecule has 0 unspecified atom stereocenters. The second-order valence-corrected chi connectivity index (χ2v) is 7.91. The number of aromatic nitrogens is 1. The van der Waals surface area contributed by atoms with E-state index in [9.17, 15) is 24.9 Å². The van der Waals surface area contributed by atoms with Gasteiger partial charge in [0.15, 0.2) is 6.23 Å². The molecule has 0 spiro atoms. The third kappa shape index (κ3) is 3.16. The van der Waals surface area contributed by atoms with Crippen LogP contribution in [0.15, 0.2) is 54.7 Å². The van der Waals surface area contributed by atoms with Crippen LogP contribution in [0, 0.1) is 0 Å². The maximum absolute atomic E-state index is 12.6. The largest absolute Gasteiger partial charge is 0.388 e. The number of nitrogens with zero attached hydrogens (tertiary/aromatic N) is 2. The quantitative estimate of drug-likeness (QED) is 0.543. The predicted octanol–water partition coefficient (Wildman–Crippen LogP) is 1.09. The fourth-order valence-electron chi connectivity index (χ4n) is 4.40. The zero-order chi connectivity index (χ0) is 21.7. The van der Waals surface area contributed by atoms with E-state index in [-0.39, 0.29) is 25.0 Å². The van der Waals surface area contributed by atoms with Crippen molar-refractivity contribution >= 4 is 22.7 Å².